The Hall–Kier alpha value is -1.35. The van der Waals surface area contributed by atoms with E-state index in [1.807, 2.05) is 66.7 Å². The molecule has 1 rings (SSSR count). The highest BCUT2D eigenvalue weighted by atomic mass is 16.5. The average molecular weight is 320 g/mol. The van der Waals surface area contributed by atoms with Crippen molar-refractivity contribution in [3.63, 3.8) is 0 Å². The highest BCUT2D eigenvalue weighted by molar-refractivity contribution is 5.89. The Kier molecular flexibility index (Phi) is 6.41. The number of carbonyl (C=O) groups excluding carboxylic acids is 1. The van der Waals surface area contributed by atoms with Gasteiger partial charge in [-0.15, -0.1) is 0 Å². The molecule has 1 aromatic rings. The third-order valence-corrected chi connectivity index (χ3v) is 4.25. The summed E-state index contributed by atoms with van der Waals surface area (Å²) < 4.78 is 5.87. The molecule has 0 aliphatic carbocycles. The van der Waals surface area contributed by atoms with Crippen LogP contribution in [0.5, 0.6) is 0 Å². The van der Waals surface area contributed by atoms with E-state index >= 15 is 0 Å². The minimum Gasteiger partial charge on any atom is -0.458 e. The molecule has 0 saturated heterocycles. The van der Waals surface area contributed by atoms with E-state index in [0.29, 0.717) is 5.56 Å². The molecule has 3 unspecified atom stereocenters. The zero-order chi connectivity index (χ0) is 17.8. The fraction of sp³-hybridized carbons (Fsp3) is 0.650. The van der Waals surface area contributed by atoms with Gasteiger partial charge in [0.25, 0.3) is 0 Å². The number of hydrogen-bond acceptors (Lipinski definition) is 3. The van der Waals surface area contributed by atoms with Gasteiger partial charge in [0.15, 0.2) is 0 Å². The van der Waals surface area contributed by atoms with Crippen LogP contribution in [0.1, 0.15) is 65.2 Å². The molecule has 0 heterocycles. The lowest BCUT2D eigenvalue weighted by Gasteiger charge is -2.42. The van der Waals surface area contributed by atoms with Crippen molar-refractivity contribution in [2.45, 2.75) is 67.1 Å². The van der Waals surface area contributed by atoms with E-state index in [9.17, 15) is 9.90 Å². The predicted molar refractivity (Wildman–Crippen MR) is 94.3 cm³/mol. The van der Waals surface area contributed by atoms with Crippen LogP contribution in [0.3, 0.4) is 0 Å². The summed E-state index contributed by atoms with van der Waals surface area (Å²) in [5.74, 6) is -0.437. The SMILES string of the molecule is CCC(C(O)C(C)(C)C)C(OC(=O)c1ccccc1)C(C)(C)C. The van der Waals surface area contributed by atoms with E-state index in [0.717, 1.165) is 6.42 Å². The van der Waals surface area contributed by atoms with Crippen LogP contribution in [0, 0.1) is 16.7 Å². The second-order valence-electron chi connectivity index (χ2n) is 8.44. The smallest absolute Gasteiger partial charge is 0.338 e. The minimum absolute atomic E-state index is 0.109. The molecule has 0 aliphatic rings. The van der Waals surface area contributed by atoms with Crippen LogP contribution in [0.15, 0.2) is 30.3 Å². The van der Waals surface area contributed by atoms with E-state index in [-0.39, 0.29) is 28.8 Å². The molecule has 1 aromatic carbocycles. The summed E-state index contributed by atoms with van der Waals surface area (Å²) >= 11 is 0. The third-order valence-electron chi connectivity index (χ3n) is 4.25. The van der Waals surface area contributed by atoms with Crippen LogP contribution in [0.4, 0.5) is 0 Å². The number of aliphatic hydroxyl groups is 1. The van der Waals surface area contributed by atoms with Gasteiger partial charge in [-0.1, -0.05) is 66.7 Å². The standard InChI is InChI=1S/C20H32O3/c1-8-15(16(21)19(2,3)4)17(20(5,6)7)23-18(22)14-12-10-9-11-13-14/h9-13,15-17,21H,8H2,1-7H3. The first-order chi connectivity index (χ1) is 10.5. The maximum absolute atomic E-state index is 12.5. The van der Waals surface area contributed by atoms with Crippen molar-refractivity contribution in [2.24, 2.45) is 16.7 Å². The molecule has 0 fully saturated rings. The Morgan fingerprint density at radius 2 is 1.57 bits per heavy atom. The fourth-order valence-electron chi connectivity index (χ4n) is 2.91. The van der Waals surface area contributed by atoms with Crippen molar-refractivity contribution in [1.82, 2.24) is 0 Å². The summed E-state index contributed by atoms with van der Waals surface area (Å²) in [6.07, 6.45) is -0.141. The topological polar surface area (TPSA) is 46.5 Å². The number of esters is 1. The van der Waals surface area contributed by atoms with Gasteiger partial charge in [0.2, 0.25) is 0 Å². The molecular formula is C20H32O3. The van der Waals surface area contributed by atoms with E-state index in [4.69, 9.17) is 4.74 Å². The zero-order valence-corrected chi connectivity index (χ0v) is 15.6. The predicted octanol–water partition coefficient (Wildman–Crippen LogP) is 4.69. The monoisotopic (exact) mass is 320 g/mol. The fourth-order valence-corrected chi connectivity index (χ4v) is 2.91. The lowest BCUT2D eigenvalue weighted by Crippen LogP contribution is -2.47. The first-order valence-electron chi connectivity index (χ1n) is 8.42. The van der Waals surface area contributed by atoms with Gasteiger partial charge >= 0.3 is 5.97 Å². The summed E-state index contributed by atoms with van der Waals surface area (Å²) in [6, 6.07) is 9.02. The second-order valence-corrected chi connectivity index (χ2v) is 8.44. The Labute approximate surface area is 141 Å². The van der Waals surface area contributed by atoms with Crippen molar-refractivity contribution >= 4 is 5.97 Å². The molecule has 0 saturated carbocycles. The number of hydrogen-bond donors (Lipinski definition) is 1. The Morgan fingerprint density at radius 1 is 1.04 bits per heavy atom. The molecule has 0 aromatic heterocycles. The largest absolute Gasteiger partial charge is 0.458 e. The van der Waals surface area contributed by atoms with Crippen LogP contribution in [-0.2, 0) is 4.74 Å². The van der Waals surface area contributed by atoms with Gasteiger partial charge in [-0.2, -0.15) is 0 Å². The van der Waals surface area contributed by atoms with E-state index < -0.39 is 6.10 Å². The molecule has 3 atom stereocenters. The molecule has 3 nitrogen and oxygen atoms in total. The van der Waals surface area contributed by atoms with Crippen molar-refractivity contribution in [3.8, 4) is 0 Å². The number of carbonyl (C=O) groups is 1. The number of aliphatic hydroxyl groups excluding tert-OH is 1. The first-order valence-corrected chi connectivity index (χ1v) is 8.42. The van der Waals surface area contributed by atoms with Gasteiger partial charge in [0.1, 0.15) is 6.10 Å². The second kappa shape index (κ2) is 7.48. The number of benzene rings is 1. The molecule has 130 valence electrons. The van der Waals surface area contributed by atoms with Gasteiger partial charge in [-0.05, 0) is 29.4 Å². The molecule has 1 N–H and O–H groups in total. The van der Waals surface area contributed by atoms with Crippen LogP contribution in [-0.4, -0.2) is 23.3 Å². The zero-order valence-electron chi connectivity index (χ0n) is 15.6. The van der Waals surface area contributed by atoms with Gasteiger partial charge in [0, 0.05) is 5.92 Å². The molecule has 0 amide bonds. The van der Waals surface area contributed by atoms with Crippen LogP contribution >= 0.6 is 0 Å². The molecule has 0 bridgehead atoms. The molecule has 0 radical (unpaired) electrons. The lowest BCUT2D eigenvalue weighted by atomic mass is 9.71. The first kappa shape index (κ1) is 19.7. The normalized spacial score (nSPS) is 16.5. The molecule has 0 aliphatic heterocycles. The summed E-state index contributed by atoms with van der Waals surface area (Å²) in [4.78, 5) is 12.5. The molecule has 23 heavy (non-hydrogen) atoms. The average Bonchev–Trinajstić information content (AvgIpc) is 2.45. The molecule has 3 heteroatoms. The van der Waals surface area contributed by atoms with Crippen LogP contribution < -0.4 is 0 Å². The molecular weight excluding hydrogens is 288 g/mol. The van der Waals surface area contributed by atoms with E-state index in [2.05, 4.69) is 0 Å². The van der Waals surface area contributed by atoms with E-state index in [1.165, 1.54) is 0 Å². The highest BCUT2D eigenvalue weighted by Gasteiger charge is 2.42. The molecule has 0 spiro atoms. The lowest BCUT2D eigenvalue weighted by molar-refractivity contribution is -0.0905. The van der Waals surface area contributed by atoms with Crippen molar-refractivity contribution in [1.29, 1.82) is 0 Å². The van der Waals surface area contributed by atoms with Gasteiger partial charge in [0.05, 0.1) is 11.7 Å². The maximum Gasteiger partial charge on any atom is 0.338 e. The van der Waals surface area contributed by atoms with Crippen LogP contribution in [0.25, 0.3) is 0 Å². The summed E-state index contributed by atoms with van der Waals surface area (Å²) in [5, 5.41) is 10.8. The number of rotatable bonds is 5. The minimum atomic E-state index is -0.541. The van der Waals surface area contributed by atoms with E-state index in [1.54, 1.807) is 12.1 Å². The summed E-state index contributed by atoms with van der Waals surface area (Å²) in [5.41, 5.74) is 0.0302. The van der Waals surface area contributed by atoms with Gasteiger partial charge in [-0.3, -0.25) is 0 Å². The number of ether oxygens (including phenoxy) is 1. The summed E-state index contributed by atoms with van der Waals surface area (Å²) in [6.45, 7) is 14.2. The Balaban J connectivity index is 3.07. The Bertz CT molecular complexity index is 494. The highest BCUT2D eigenvalue weighted by Crippen LogP contribution is 2.37. The Morgan fingerprint density at radius 3 is 1.96 bits per heavy atom. The maximum atomic E-state index is 12.5. The van der Waals surface area contributed by atoms with Crippen molar-refractivity contribution in [2.75, 3.05) is 0 Å². The summed E-state index contributed by atoms with van der Waals surface area (Å²) in [7, 11) is 0. The van der Waals surface area contributed by atoms with Crippen molar-refractivity contribution < 1.29 is 14.6 Å². The van der Waals surface area contributed by atoms with Gasteiger partial charge in [-0.25, -0.2) is 4.79 Å². The van der Waals surface area contributed by atoms with Gasteiger partial charge < -0.3 is 9.84 Å². The third kappa shape index (κ3) is 5.35. The van der Waals surface area contributed by atoms with Crippen LogP contribution in [0.2, 0.25) is 0 Å². The quantitative estimate of drug-likeness (QED) is 0.800. The van der Waals surface area contributed by atoms with Crippen molar-refractivity contribution in [3.05, 3.63) is 35.9 Å².